The minimum atomic E-state index is -0.324. The quantitative estimate of drug-likeness (QED) is 0.825. The summed E-state index contributed by atoms with van der Waals surface area (Å²) >= 11 is 0. The van der Waals surface area contributed by atoms with E-state index in [2.05, 4.69) is 15.5 Å². The van der Waals surface area contributed by atoms with Crippen LogP contribution < -0.4 is 10.6 Å². The second-order valence-corrected chi connectivity index (χ2v) is 6.52. The van der Waals surface area contributed by atoms with Crippen molar-refractivity contribution in [2.24, 2.45) is 5.92 Å². The summed E-state index contributed by atoms with van der Waals surface area (Å²) in [5.74, 6) is 0.611. The molecule has 20 heavy (non-hydrogen) atoms. The van der Waals surface area contributed by atoms with E-state index in [1.54, 1.807) is 0 Å². The predicted octanol–water partition coefficient (Wildman–Crippen LogP) is 1.63. The van der Waals surface area contributed by atoms with Gasteiger partial charge in [0, 0.05) is 12.1 Å². The molecule has 112 valence electrons. The molecule has 3 rings (SSSR count). The Hall–Kier alpha value is -1.10. The number of fused-ring (bicyclic) bond motifs is 1. The molecule has 1 aliphatic heterocycles. The molecule has 2 atom stereocenters. The fourth-order valence-corrected chi connectivity index (χ4v) is 3.72. The lowest BCUT2D eigenvalue weighted by atomic mass is 9.78. The van der Waals surface area contributed by atoms with Crippen LogP contribution in [-0.4, -0.2) is 42.0 Å². The molecule has 1 heterocycles. The fourth-order valence-electron chi connectivity index (χ4n) is 3.72. The van der Waals surface area contributed by atoms with E-state index in [4.69, 9.17) is 0 Å². The SMILES string of the molecule is O=C(CN1CCC[C@H]2CCCC[C@H]21)NC(=O)NC1CC1. The fraction of sp³-hybridized carbons (Fsp3) is 0.867. The van der Waals surface area contributed by atoms with Crippen molar-refractivity contribution < 1.29 is 9.59 Å². The van der Waals surface area contributed by atoms with Crippen molar-refractivity contribution in [3.63, 3.8) is 0 Å². The number of urea groups is 1. The molecule has 0 unspecified atom stereocenters. The van der Waals surface area contributed by atoms with Gasteiger partial charge in [-0.2, -0.15) is 0 Å². The number of hydrogen-bond donors (Lipinski definition) is 2. The smallest absolute Gasteiger partial charge is 0.321 e. The van der Waals surface area contributed by atoms with Gasteiger partial charge in [0.05, 0.1) is 6.54 Å². The van der Waals surface area contributed by atoms with E-state index in [-0.39, 0.29) is 11.9 Å². The molecule has 5 heteroatoms. The molecule has 3 aliphatic rings. The summed E-state index contributed by atoms with van der Waals surface area (Å²) < 4.78 is 0. The van der Waals surface area contributed by atoms with E-state index in [1.165, 1.54) is 38.5 Å². The van der Waals surface area contributed by atoms with E-state index in [0.29, 0.717) is 18.6 Å². The minimum absolute atomic E-state index is 0.158. The first-order valence-electron chi connectivity index (χ1n) is 8.07. The van der Waals surface area contributed by atoms with Crippen LogP contribution in [-0.2, 0) is 4.79 Å². The van der Waals surface area contributed by atoms with Crippen molar-refractivity contribution in [2.45, 2.75) is 63.5 Å². The molecule has 3 fully saturated rings. The predicted molar refractivity (Wildman–Crippen MR) is 76.2 cm³/mol. The summed E-state index contributed by atoms with van der Waals surface area (Å²) in [6.45, 7) is 1.37. The molecular formula is C15H25N3O2. The topological polar surface area (TPSA) is 61.4 Å². The average molecular weight is 279 g/mol. The lowest BCUT2D eigenvalue weighted by molar-refractivity contribution is -0.122. The highest BCUT2D eigenvalue weighted by Gasteiger charge is 2.34. The Balaban J connectivity index is 1.47. The normalized spacial score (nSPS) is 30.4. The van der Waals surface area contributed by atoms with Crippen molar-refractivity contribution in [1.29, 1.82) is 0 Å². The van der Waals surface area contributed by atoms with Gasteiger partial charge in [-0.05, 0) is 51.0 Å². The van der Waals surface area contributed by atoms with Crippen molar-refractivity contribution in [3.05, 3.63) is 0 Å². The molecule has 0 radical (unpaired) electrons. The summed E-state index contributed by atoms with van der Waals surface area (Å²) in [6.07, 6.45) is 9.71. The Bertz CT molecular complexity index is 379. The molecule has 0 bridgehead atoms. The Morgan fingerprint density at radius 1 is 1.00 bits per heavy atom. The van der Waals surface area contributed by atoms with Gasteiger partial charge in [-0.3, -0.25) is 15.0 Å². The van der Waals surface area contributed by atoms with Gasteiger partial charge in [0.15, 0.2) is 0 Å². The minimum Gasteiger partial charge on any atom is -0.335 e. The first kappa shape index (κ1) is 13.9. The summed E-state index contributed by atoms with van der Waals surface area (Å²) in [4.78, 5) is 25.8. The summed E-state index contributed by atoms with van der Waals surface area (Å²) in [5, 5.41) is 5.25. The molecule has 2 aliphatic carbocycles. The number of piperidine rings is 1. The first-order chi connectivity index (χ1) is 9.72. The van der Waals surface area contributed by atoms with E-state index >= 15 is 0 Å². The standard InChI is InChI=1S/C15H25N3O2/c19-14(17-15(20)16-12-7-8-12)10-18-9-3-5-11-4-1-2-6-13(11)18/h11-13H,1-10H2,(H2,16,17,19,20)/t11-,13-/m1/s1. The van der Waals surface area contributed by atoms with Crippen molar-refractivity contribution in [1.82, 2.24) is 15.5 Å². The molecular weight excluding hydrogens is 254 g/mol. The van der Waals surface area contributed by atoms with Gasteiger partial charge in [0.2, 0.25) is 5.91 Å². The zero-order chi connectivity index (χ0) is 13.9. The van der Waals surface area contributed by atoms with Gasteiger partial charge in [-0.15, -0.1) is 0 Å². The third-order valence-corrected chi connectivity index (χ3v) is 4.87. The van der Waals surface area contributed by atoms with Gasteiger partial charge < -0.3 is 5.32 Å². The number of amides is 3. The molecule has 0 aromatic rings. The highest BCUT2D eigenvalue weighted by molar-refractivity contribution is 5.95. The molecule has 5 nitrogen and oxygen atoms in total. The van der Waals surface area contributed by atoms with Crippen LogP contribution in [0.2, 0.25) is 0 Å². The number of rotatable bonds is 3. The van der Waals surface area contributed by atoms with Gasteiger partial charge in [0.25, 0.3) is 0 Å². The third kappa shape index (κ3) is 3.51. The molecule has 3 amide bonds. The highest BCUT2D eigenvalue weighted by Crippen LogP contribution is 2.34. The summed E-state index contributed by atoms with van der Waals surface area (Å²) in [5.41, 5.74) is 0. The summed E-state index contributed by atoms with van der Waals surface area (Å²) in [7, 11) is 0. The molecule has 0 spiro atoms. The zero-order valence-electron chi connectivity index (χ0n) is 12.1. The molecule has 0 aromatic carbocycles. The molecule has 2 saturated carbocycles. The number of nitrogens with zero attached hydrogens (tertiary/aromatic N) is 1. The average Bonchev–Trinajstić information content (AvgIpc) is 3.22. The van der Waals surface area contributed by atoms with Crippen LogP contribution in [0.25, 0.3) is 0 Å². The van der Waals surface area contributed by atoms with Crippen LogP contribution in [0.1, 0.15) is 51.4 Å². The maximum absolute atomic E-state index is 12.0. The van der Waals surface area contributed by atoms with E-state index in [1.807, 2.05) is 0 Å². The van der Waals surface area contributed by atoms with Gasteiger partial charge in [0.1, 0.15) is 0 Å². The Kier molecular flexibility index (Phi) is 4.24. The number of likely N-dealkylation sites (tertiary alicyclic amines) is 1. The van der Waals surface area contributed by atoms with Gasteiger partial charge in [-0.1, -0.05) is 12.8 Å². The van der Waals surface area contributed by atoms with E-state index in [9.17, 15) is 9.59 Å². The molecule has 0 aromatic heterocycles. The highest BCUT2D eigenvalue weighted by atomic mass is 16.2. The first-order valence-corrected chi connectivity index (χ1v) is 8.07. The number of carbonyl (C=O) groups excluding carboxylic acids is 2. The number of carbonyl (C=O) groups is 2. The van der Waals surface area contributed by atoms with Crippen LogP contribution in [0.5, 0.6) is 0 Å². The second kappa shape index (κ2) is 6.12. The largest absolute Gasteiger partial charge is 0.335 e. The van der Waals surface area contributed by atoms with Gasteiger partial charge in [-0.25, -0.2) is 4.79 Å². The van der Waals surface area contributed by atoms with Crippen LogP contribution in [0.3, 0.4) is 0 Å². The Morgan fingerprint density at radius 3 is 2.55 bits per heavy atom. The third-order valence-electron chi connectivity index (χ3n) is 4.87. The van der Waals surface area contributed by atoms with Gasteiger partial charge >= 0.3 is 6.03 Å². The second-order valence-electron chi connectivity index (χ2n) is 6.52. The van der Waals surface area contributed by atoms with Crippen molar-refractivity contribution in [2.75, 3.05) is 13.1 Å². The lowest BCUT2D eigenvalue weighted by Crippen LogP contribution is -2.52. The Morgan fingerprint density at radius 2 is 1.75 bits per heavy atom. The monoisotopic (exact) mass is 279 g/mol. The number of hydrogen-bond acceptors (Lipinski definition) is 3. The van der Waals surface area contributed by atoms with Crippen LogP contribution in [0, 0.1) is 5.92 Å². The van der Waals surface area contributed by atoms with Crippen LogP contribution in [0.4, 0.5) is 4.79 Å². The van der Waals surface area contributed by atoms with Crippen LogP contribution in [0.15, 0.2) is 0 Å². The summed E-state index contributed by atoms with van der Waals surface area (Å²) in [6, 6.07) is 0.532. The van der Waals surface area contributed by atoms with E-state index in [0.717, 1.165) is 25.3 Å². The number of imide groups is 1. The maximum Gasteiger partial charge on any atom is 0.321 e. The lowest BCUT2D eigenvalue weighted by Gasteiger charge is -2.43. The molecule has 1 saturated heterocycles. The van der Waals surface area contributed by atoms with Crippen molar-refractivity contribution in [3.8, 4) is 0 Å². The maximum atomic E-state index is 12.0. The number of nitrogens with one attached hydrogen (secondary N) is 2. The Labute approximate surface area is 120 Å². The molecule has 2 N–H and O–H groups in total. The van der Waals surface area contributed by atoms with Crippen LogP contribution >= 0.6 is 0 Å². The van der Waals surface area contributed by atoms with Crippen molar-refractivity contribution >= 4 is 11.9 Å². The van der Waals surface area contributed by atoms with E-state index < -0.39 is 0 Å². The zero-order valence-corrected chi connectivity index (χ0v) is 12.1.